The second-order valence-corrected chi connectivity index (χ2v) is 3.20. The molecule has 100 valence electrons. The normalized spacial score (nSPS) is 13.2. The van der Waals surface area contributed by atoms with Crippen LogP contribution in [0.25, 0.3) is 0 Å². The van der Waals surface area contributed by atoms with Gasteiger partial charge in [-0.05, 0) is 13.0 Å². The Hall–Kier alpha value is -1.86. The van der Waals surface area contributed by atoms with Gasteiger partial charge in [0.2, 0.25) is 0 Å². The van der Waals surface area contributed by atoms with E-state index in [-0.39, 0.29) is 11.2 Å². The molecule has 1 heterocycles. The number of carbonyl (C=O) groups excluding carboxylic acids is 1. The van der Waals surface area contributed by atoms with Gasteiger partial charge in [0.1, 0.15) is 5.69 Å². The molecule has 1 unspecified atom stereocenters. The number of nitrogens with zero attached hydrogens (tertiary/aromatic N) is 1. The SMILES string of the molecule is CCOC(=O)C(F)n1c(C(F)(F)F)cccc1=O. The van der Waals surface area contributed by atoms with Gasteiger partial charge >= 0.3 is 12.1 Å². The van der Waals surface area contributed by atoms with Crippen molar-refractivity contribution in [3.63, 3.8) is 0 Å². The first kappa shape index (κ1) is 14.2. The lowest BCUT2D eigenvalue weighted by Crippen LogP contribution is -2.33. The molecule has 4 nitrogen and oxygen atoms in total. The van der Waals surface area contributed by atoms with Gasteiger partial charge in [-0.1, -0.05) is 6.07 Å². The molecule has 0 saturated carbocycles. The first-order valence-electron chi connectivity index (χ1n) is 4.88. The minimum absolute atomic E-state index is 0.206. The van der Waals surface area contributed by atoms with Crippen LogP contribution in [0.5, 0.6) is 0 Å². The van der Waals surface area contributed by atoms with Crippen LogP contribution in [-0.4, -0.2) is 17.1 Å². The molecule has 0 aliphatic rings. The molecule has 8 heteroatoms. The average molecular weight is 267 g/mol. The zero-order valence-electron chi connectivity index (χ0n) is 9.20. The van der Waals surface area contributed by atoms with E-state index in [9.17, 15) is 27.2 Å². The number of aromatic nitrogens is 1. The number of halogens is 4. The Balaban J connectivity index is 3.31. The third-order valence-corrected chi connectivity index (χ3v) is 1.99. The molecular formula is C10H9F4NO3. The Kier molecular flexibility index (Phi) is 4.10. The van der Waals surface area contributed by atoms with Gasteiger partial charge in [-0.25, -0.2) is 9.18 Å². The van der Waals surface area contributed by atoms with E-state index in [2.05, 4.69) is 4.74 Å². The summed E-state index contributed by atoms with van der Waals surface area (Å²) in [6, 6.07) is 2.06. The molecule has 0 aliphatic heterocycles. The molecule has 18 heavy (non-hydrogen) atoms. The molecular weight excluding hydrogens is 258 g/mol. The fourth-order valence-electron chi connectivity index (χ4n) is 1.28. The van der Waals surface area contributed by atoms with E-state index in [1.165, 1.54) is 6.92 Å². The Morgan fingerprint density at radius 3 is 2.56 bits per heavy atom. The van der Waals surface area contributed by atoms with Gasteiger partial charge in [-0.15, -0.1) is 0 Å². The molecule has 1 aromatic heterocycles. The molecule has 0 fully saturated rings. The quantitative estimate of drug-likeness (QED) is 0.620. The lowest BCUT2D eigenvalue weighted by molar-refractivity contribution is -0.158. The minimum Gasteiger partial charge on any atom is -0.462 e. The van der Waals surface area contributed by atoms with Crippen molar-refractivity contribution in [2.75, 3.05) is 6.61 Å². The molecule has 0 amide bonds. The summed E-state index contributed by atoms with van der Waals surface area (Å²) in [4.78, 5) is 22.3. The Labute approximate surface area is 98.8 Å². The third kappa shape index (κ3) is 2.88. The largest absolute Gasteiger partial charge is 0.462 e. The fourth-order valence-corrected chi connectivity index (χ4v) is 1.28. The number of hydrogen-bond acceptors (Lipinski definition) is 3. The summed E-state index contributed by atoms with van der Waals surface area (Å²) >= 11 is 0. The molecule has 0 radical (unpaired) electrons. The summed E-state index contributed by atoms with van der Waals surface area (Å²) in [5.74, 6) is -1.55. The van der Waals surface area contributed by atoms with Crippen LogP contribution in [0.1, 0.15) is 18.9 Å². The van der Waals surface area contributed by atoms with Gasteiger partial charge in [-0.3, -0.25) is 9.36 Å². The van der Waals surface area contributed by atoms with Gasteiger partial charge in [0, 0.05) is 6.07 Å². The molecule has 0 spiro atoms. The van der Waals surface area contributed by atoms with Gasteiger partial charge < -0.3 is 4.74 Å². The van der Waals surface area contributed by atoms with Crippen LogP contribution in [0.15, 0.2) is 23.0 Å². The second kappa shape index (κ2) is 5.19. The van der Waals surface area contributed by atoms with Crippen LogP contribution >= 0.6 is 0 Å². The maximum absolute atomic E-state index is 13.6. The summed E-state index contributed by atoms with van der Waals surface area (Å²) in [7, 11) is 0. The zero-order valence-corrected chi connectivity index (χ0v) is 9.20. The standard InChI is InChI=1S/C10H9F4NO3/c1-2-18-9(17)8(11)15-6(10(12,13)14)4-3-5-7(15)16/h3-5,8H,2H2,1H3. The van der Waals surface area contributed by atoms with E-state index in [1.54, 1.807) is 0 Å². The van der Waals surface area contributed by atoms with Crippen molar-refractivity contribution in [3.8, 4) is 0 Å². The van der Waals surface area contributed by atoms with E-state index in [1.807, 2.05) is 0 Å². The molecule has 0 aliphatic carbocycles. The highest BCUT2D eigenvalue weighted by atomic mass is 19.4. The van der Waals surface area contributed by atoms with Gasteiger partial charge in [0.25, 0.3) is 11.9 Å². The molecule has 0 aromatic carbocycles. The van der Waals surface area contributed by atoms with Crippen LogP contribution in [0.4, 0.5) is 17.6 Å². The maximum Gasteiger partial charge on any atom is 0.431 e. The van der Waals surface area contributed by atoms with Crippen LogP contribution in [0.2, 0.25) is 0 Å². The Morgan fingerprint density at radius 1 is 1.44 bits per heavy atom. The lowest BCUT2D eigenvalue weighted by Gasteiger charge is -2.17. The molecule has 0 saturated heterocycles. The van der Waals surface area contributed by atoms with Gasteiger partial charge in [0.05, 0.1) is 6.61 Å². The van der Waals surface area contributed by atoms with Gasteiger partial charge in [0.15, 0.2) is 0 Å². The number of ether oxygens (including phenoxy) is 1. The summed E-state index contributed by atoms with van der Waals surface area (Å²) in [5, 5.41) is 0. The van der Waals surface area contributed by atoms with Crippen LogP contribution in [-0.2, 0) is 15.7 Å². The first-order valence-corrected chi connectivity index (χ1v) is 4.88. The highest BCUT2D eigenvalue weighted by Gasteiger charge is 2.38. The fraction of sp³-hybridized carbons (Fsp3) is 0.400. The third-order valence-electron chi connectivity index (χ3n) is 1.99. The highest BCUT2D eigenvalue weighted by Crippen LogP contribution is 2.30. The summed E-state index contributed by atoms with van der Waals surface area (Å²) in [5.41, 5.74) is -2.82. The van der Waals surface area contributed by atoms with E-state index in [0.29, 0.717) is 6.07 Å². The summed E-state index contributed by atoms with van der Waals surface area (Å²) in [6.07, 6.45) is -7.77. The van der Waals surface area contributed by atoms with Crippen molar-refractivity contribution in [1.82, 2.24) is 4.57 Å². The average Bonchev–Trinajstić information content (AvgIpc) is 2.27. The minimum atomic E-state index is -4.95. The number of rotatable bonds is 3. The molecule has 1 aromatic rings. The van der Waals surface area contributed by atoms with E-state index in [0.717, 1.165) is 12.1 Å². The van der Waals surface area contributed by atoms with Crippen molar-refractivity contribution < 1.29 is 27.1 Å². The molecule has 1 atom stereocenters. The lowest BCUT2D eigenvalue weighted by atomic mass is 10.3. The van der Waals surface area contributed by atoms with Crippen LogP contribution in [0, 0.1) is 0 Å². The van der Waals surface area contributed by atoms with Crippen molar-refractivity contribution >= 4 is 5.97 Å². The first-order chi connectivity index (χ1) is 8.29. The number of hydrogen-bond donors (Lipinski definition) is 0. The highest BCUT2D eigenvalue weighted by molar-refractivity contribution is 5.72. The Morgan fingerprint density at radius 2 is 2.06 bits per heavy atom. The zero-order chi connectivity index (χ0) is 13.9. The summed E-state index contributed by atoms with van der Waals surface area (Å²) in [6.45, 7) is 1.16. The molecule has 0 N–H and O–H groups in total. The smallest absolute Gasteiger partial charge is 0.431 e. The van der Waals surface area contributed by atoms with E-state index < -0.39 is 29.7 Å². The van der Waals surface area contributed by atoms with Crippen molar-refractivity contribution in [3.05, 3.63) is 34.2 Å². The predicted octanol–water partition coefficient (Wildman–Crippen LogP) is 1.90. The van der Waals surface area contributed by atoms with E-state index >= 15 is 0 Å². The van der Waals surface area contributed by atoms with Crippen molar-refractivity contribution in [2.24, 2.45) is 0 Å². The molecule has 0 bridgehead atoms. The van der Waals surface area contributed by atoms with Crippen molar-refractivity contribution in [1.29, 1.82) is 0 Å². The van der Waals surface area contributed by atoms with Crippen molar-refractivity contribution in [2.45, 2.75) is 19.4 Å². The number of pyridine rings is 1. The predicted molar refractivity (Wildman–Crippen MR) is 52.5 cm³/mol. The number of esters is 1. The Bertz CT molecular complexity index is 495. The number of alkyl halides is 4. The van der Waals surface area contributed by atoms with Gasteiger partial charge in [-0.2, -0.15) is 13.2 Å². The molecule has 1 rings (SSSR count). The topological polar surface area (TPSA) is 48.3 Å². The second-order valence-electron chi connectivity index (χ2n) is 3.20. The number of carbonyl (C=O) groups is 1. The monoisotopic (exact) mass is 267 g/mol. The maximum atomic E-state index is 13.6. The van der Waals surface area contributed by atoms with E-state index in [4.69, 9.17) is 0 Å². The van der Waals surface area contributed by atoms with Crippen LogP contribution < -0.4 is 5.56 Å². The summed E-state index contributed by atoms with van der Waals surface area (Å²) < 4.78 is 55.2. The van der Waals surface area contributed by atoms with Crippen LogP contribution in [0.3, 0.4) is 0 Å².